The van der Waals surface area contributed by atoms with Crippen LogP contribution in [0.5, 0.6) is 0 Å². The summed E-state index contributed by atoms with van der Waals surface area (Å²) in [4.78, 5) is 24.1. The van der Waals surface area contributed by atoms with Gasteiger partial charge in [0.05, 0.1) is 6.20 Å². The maximum absolute atomic E-state index is 12.7. The minimum absolute atomic E-state index is 0.139. The molecular weight excluding hydrogens is 335 g/mol. The van der Waals surface area contributed by atoms with E-state index in [-0.39, 0.29) is 29.9 Å². The van der Waals surface area contributed by atoms with Gasteiger partial charge in [0.25, 0.3) is 5.91 Å². The van der Waals surface area contributed by atoms with Gasteiger partial charge < -0.3 is 9.88 Å². The Hall–Kier alpha value is -2.89. The Bertz CT molecular complexity index is 824. The molecule has 2 aromatic heterocycles. The van der Waals surface area contributed by atoms with Gasteiger partial charge in [0.2, 0.25) is 0 Å². The van der Waals surface area contributed by atoms with Gasteiger partial charge in [0.15, 0.2) is 0 Å². The summed E-state index contributed by atoms with van der Waals surface area (Å²) in [6.07, 6.45) is -1.00. The Morgan fingerprint density at radius 3 is 2.88 bits per heavy atom. The van der Waals surface area contributed by atoms with E-state index in [1.807, 2.05) is 6.07 Å². The number of H-pyrrole nitrogens is 1. The van der Waals surface area contributed by atoms with Crippen LogP contribution in [-0.2, 0) is 6.18 Å². The van der Waals surface area contributed by atoms with Crippen LogP contribution in [0.3, 0.4) is 0 Å². The highest BCUT2D eigenvalue weighted by molar-refractivity contribution is 5.94. The number of aromatic amines is 1. The third-order valence-corrected chi connectivity index (χ3v) is 4.12. The SMILES string of the molecule is N#Cc1cc(C(=O)N2CCC[C@@H](c3ncc(C(F)(F)F)[nH]3)C2)ccn1. The van der Waals surface area contributed by atoms with Gasteiger partial charge in [-0.15, -0.1) is 0 Å². The van der Waals surface area contributed by atoms with Crippen LogP contribution >= 0.6 is 0 Å². The zero-order valence-corrected chi connectivity index (χ0v) is 13.0. The lowest BCUT2D eigenvalue weighted by atomic mass is 9.96. The molecule has 9 heteroatoms. The van der Waals surface area contributed by atoms with Crippen molar-refractivity contribution in [1.29, 1.82) is 5.26 Å². The van der Waals surface area contributed by atoms with Crippen LogP contribution in [0.25, 0.3) is 0 Å². The summed E-state index contributed by atoms with van der Waals surface area (Å²) < 4.78 is 38.1. The number of hydrogen-bond acceptors (Lipinski definition) is 4. The molecule has 2 aromatic rings. The summed E-state index contributed by atoms with van der Waals surface area (Å²) in [6, 6.07) is 4.79. The molecule has 1 fully saturated rings. The first kappa shape index (κ1) is 17.0. The molecule has 1 aliphatic rings. The van der Waals surface area contributed by atoms with Crippen molar-refractivity contribution in [3.8, 4) is 6.07 Å². The van der Waals surface area contributed by atoms with Gasteiger partial charge in [0, 0.05) is 30.8 Å². The fourth-order valence-corrected chi connectivity index (χ4v) is 2.88. The van der Waals surface area contributed by atoms with Gasteiger partial charge in [0.1, 0.15) is 23.3 Å². The summed E-state index contributed by atoms with van der Waals surface area (Å²) in [7, 11) is 0. The number of carbonyl (C=O) groups is 1. The minimum Gasteiger partial charge on any atom is -0.338 e. The number of rotatable bonds is 2. The second-order valence-electron chi connectivity index (χ2n) is 5.81. The van der Waals surface area contributed by atoms with Gasteiger partial charge in [-0.05, 0) is 25.0 Å². The first-order chi connectivity index (χ1) is 11.9. The van der Waals surface area contributed by atoms with Crippen molar-refractivity contribution >= 4 is 5.91 Å². The summed E-state index contributed by atoms with van der Waals surface area (Å²) in [5.41, 5.74) is -0.415. The van der Waals surface area contributed by atoms with E-state index >= 15 is 0 Å². The Morgan fingerprint density at radius 2 is 2.20 bits per heavy atom. The number of piperidine rings is 1. The van der Waals surface area contributed by atoms with E-state index in [1.54, 1.807) is 4.90 Å². The number of nitriles is 1. The van der Waals surface area contributed by atoms with Gasteiger partial charge in [-0.1, -0.05) is 0 Å². The van der Waals surface area contributed by atoms with Crippen molar-refractivity contribution < 1.29 is 18.0 Å². The molecule has 1 N–H and O–H groups in total. The summed E-state index contributed by atoms with van der Waals surface area (Å²) in [5.74, 6) is -0.324. The zero-order chi connectivity index (χ0) is 18.0. The van der Waals surface area contributed by atoms with Crippen LogP contribution in [0.4, 0.5) is 13.2 Å². The maximum Gasteiger partial charge on any atom is 0.432 e. The monoisotopic (exact) mass is 349 g/mol. The van der Waals surface area contributed by atoms with Crippen LogP contribution in [-0.4, -0.2) is 38.8 Å². The van der Waals surface area contributed by atoms with E-state index in [2.05, 4.69) is 15.0 Å². The van der Waals surface area contributed by atoms with Crippen LogP contribution in [0.1, 0.15) is 46.3 Å². The zero-order valence-electron chi connectivity index (χ0n) is 13.0. The number of nitrogens with zero attached hydrogens (tertiary/aromatic N) is 4. The average molecular weight is 349 g/mol. The average Bonchev–Trinajstić information content (AvgIpc) is 3.12. The number of hydrogen-bond donors (Lipinski definition) is 1. The lowest BCUT2D eigenvalue weighted by Crippen LogP contribution is -2.39. The highest BCUT2D eigenvalue weighted by atomic mass is 19.4. The molecule has 0 aliphatic carbocycles. The molecule has 0 spiro atoms. The minimum atomic E-state index is -4.47. The third-order valence-electron chi connectivity index (χ3n) is 4.12. The van der Waals surface area contributed by atoms with Gasteiger partial charge in [-0.3, -0.25) is 4.79 Å². The fourth-order valence-electron chi connectivity index (χ4n) is 2.88. The Morgan fingerprint density at radius 1 is 1.40 bits per heavy atom. The molecule has 0 unspecified atom stereocenters. The summed E-state index contributed by atoms with van der Waals surface area (Å²) >= 11 is 0. The largest absolute Gasteiger partial charge is 0.432 e. The number of likely N-dealkylation sites (tertiary alicyclic amines) is 1. The van der Waals surface area contributed by atoms with Crippen molar-refractivity contribution in [1.82, 2.24) is 19.9 Å². The molecule has 1 atom stereocenters. The molecule has 3 heterocycles. The Balaban J connectivity index is 1.75. The quantitative estimate of drug-likeness (QED) is 0.903. The summed E-state index contributed by atoms with van der Waals surface area (Å²) in [5, 5.41) is 8.87. The molecule has 1 amide bonds. The fraction of sp³-hybridized carbons (Fsp3) is 0.375. The van der Waals surface area contributed by atoms with Gasteiger partial charge in [-0.25, -0.2) is 9.97 Å². The molecular formula is C16H14F3N5O. The molecule has 6 nitrogen and oxygen atoms in total. The van der Waals surface area contributed by atoms with E-state index in [4.69, 9.17) is 5.26 Å². The molecule has 0 aromatic carbocycles. The molecule has 1 aliphatic heterocycles. The number of amides is 1. The molecule has 0 saturated carbocycles. The Kier molecular flexibility index (Phi) is 4.44. The van der Waals surface area contributed by atoms with E-state index in [1.165, 1.54) is 18.3 Å². The Labute approximate surface area is 141 Å². The predicted octanol–water partition coefficient (Wildman–Crippen LogP) is 2.71. The van der Waals surface area contributed by atoms with Crippen LogP contribution < -0.4 is 0 Å². The highest BCUT2D eigenvalue weighted by Gasteiger charge is 2.35. The van der Waals surface area contributed by atoms with E-state index in [0.29, 0.717) is 24.9 Å². The molecule has 25 heavy (non-hydrogen) atoms. The first-order valence-corrected chi connectivity index (χ1v) is 7.66. The van der Waals surface area contributed by atoms with Crippen molar-refractivity contribution in [2.75, 3.05) is 13.1 Å². The predicted molar refractivity (Wildman–Crippen MR) is 80.4 cm³/mol. The van der Waals surface area contributed by atoms with E-state index in [9.17, 15) is 18.0 Å². The number of pyridine rings is 1. The van der Waals surface area contributed by atoms with Crippen LogP contribution in [0.2, 0.25) is 0 Å². The molecule has 130 valence electrons. The topological polar surface area (TPSA) is 85.7 Å². The normalized spacial score (nSPS) is 18.0. The van der Waals surface area contributed by atoms with Crippen LogP contribution in [0.15, 0.2) is 24.5 Å². The van der Waals surface area contributed by atoms with Gasteiger partial charge >= 0.3 is 6.18 Å². The highest BCUT2D eigenvalue weighted by Crippen LogP contribution is 2.31. The van der Waals surface area contributed by atoms with E-state index in [0.717, 1.165) is 6.20 Å². The smallest absolute Gasteiger partial charge is 0.338 e. The molecule has 1 saturated heterocycles. The number of alkyl halides is 3. The van der Waals surface area contributed by atoms with Crippen molar-refractivity contribution in [2.45, 2.75) is 24.9 Å². The van der Waals surface area contributed by atoms with Crippen molar-refractivity contribution in [2.24, 2.45) is 0 Å². The van der Waals surface area contributed by atoms with E-state index < -0.39 is 11.9 Å². The number of imidazole rings is 1. The second-order valence-corrected chi connectivity index (χ2v) is 5.81. The third kappa shape index (κ3) is 3.63. The standard InChI is InChI=1S/C16H14F3N5O/c17-16(18,19)13-8-22-14(23-13)11-2-1-5-24(9-11)15(25)10-3-4-21-12(6-10)7-20/h3-4,6,8,11H,1-2,5,9H2,(H,22,23)/t11-/m1/s1. The first-order valence-electron chi connectivity index (χ1n) is 7.66. The second kappa shape index (κ2) is 6.55. The number of carbonyl (C=O) groups excluding carboxylic acids is 1. The van der Waals surface area contributed by atoms with Crippen LogP contribution in [0, 0.1) is 11.3 Å². The lowest BCUT2D eigenvalue weighted by molar-refractivity contribution is -0.141. The van der Waals surface area contributed by atoms with Gasteiger partial charge in [-0.2, -0.15) is 18.4 Å². The maximum atomic E-state index is 12.7. The summed E-state index contributed by atoms with van der Waals surface area (Å²) in [6.45, 7) is 0.778. The lowest BCUT2D eigenvalue weighted by Gasteiger charge is -2.32. The number of nitrogens with one attached hydrogen (secondary N) is 1. The van der Waals surface area contributed by atoms with Crippen molar-refractivity contribution in [3.05, 3.63) is 47.3 Å². The number of halogens is 3. The molecule has 0 bridgehead atoms. The molecule has 3 rings (SSSR count). The number of aromatic nitrogens is 3. The molecule has 0 radical (unpaired) electrons. The van der Waals surface area contributed by atoms with Crippen molar-refractivity contribution in [3.63, 3.8) is 0 Å².